The fourth-order valence-corrected chi connectivity index (χ4v) is 5.09. The van der Waals surface area contributed by atoms with E-state index in [9.17, 15) is 20.1 Å². The summed E-state index contributed by atoms with van der Waals surface area (Å²) < 4.78 is 11.4. The molecule has 26 heavy (non-hydrogen) atoms. The smallest absolute Gasteiger partial charge is 0.165 e. The minimum Gasteiger partial charge on any atom is -0.496 e. The van der Waals surface area contributed by atoms with E-state index in [2.05, 4.69) is 0 Å². The van der Waals surface area contributed by atoms with Crippen molar-refractivity contribution in [2.24, 2.45) is 0 Å². The highest BCUT2D eigenvalue weighted by atomic mass is 16.7. The van der Waals surface area contributed by atoms with E-state index in [4.69, 9.17) is 9.47 Å². The molecule has 1 heterocycles. The van der Waals surface area contributed by atoms with Crippen molar-refractivity contribution in [3.63, 3.8) is 0 Å². The Balaban J connectivity index is 1.74. The first kappa shape index (κ1) is 16.2. The average Bonchev–Trinajstić information content (AvgIpc) is 3.30. The molecule has 0 unspecified atom stereocenters. The lowest BCUT2D eigenvalue weighted by Crippen LogP contribution is -2.48. The second-order valence-corrected chi connectivity index (χ2v) is 7.91. The van der Waals surface area contributed by atoms with Crippen LogP contribution < -0.4 is 4.74 Å². The molecule has 1 fully saturated rings. The standard InChI is InChI=1S/C20H20O6/c1-18(24)8-10-6-7-19-17(23)14-11(4-3-5-13(14)25-2)16(22)20(19,26-19)15(10)12(21)9-18/h3-7,16-17,22-24H,8-9H2,1-2H3/t16-,17-,18+,19+,20-/m0/s1. The van der Waals surface area contributed by atoms with Gasteiger partial charge in [0.1, 0.15) is 18.0 Å². The number of hydrogen-bond acceptors (Lipinski definition) is 6. The average molecular weight is 356 g/mol. The van der Waals surface area contributed by atoms with Gasteiger partial charge in [-0.25, -0.2) is 0 Å². The van der Waals surface area contributed by atoms with E-state index in [-0.39, 0.29) is 12.2 Å². The van der Waals surface area contributed by atoms with Gasteiger partial charge in [0.25, 0.3) is 0 Å². The highest BCUT2D eigenvalue weighted by Gasteiger charge is 2.82. The zero-order chi connectivity index (χ0) is 18.5. The molecule has 1 aromatic rings. The number of hydrogen-bond donors (Lipinski definition) is 3. The van der Waals surface area contributed by atoms with Gasteiger partial charge in [-0.1, -0.05) is 18.2 Å². The molecule has 1 aliphatic heterocycles. The summed E-state index contributed by atoms with van der Waals surface area (Å²) >= 11 is 0. The van der Waals surface area contributed by atoms with Crippen molar-refractivity contribution in [1.82, 2.24) is 0 Å². The van der Waals surface area contributed by atoms with E-state index in [0.29, 0.717) is 34.4 Å². The second-order valence-electron chi connectivity index (χ2n) is 7.91. The lowest BCUT2D eigenvalue weighted by Gasteiger charge is -2.40. The predicted octanol–water partition coefficient (Wildman–Crippen LogP) is 1.26. The molecule has 6 nitrogen and oxygen atoms in total. The number of aliphatic hydroxyl groups excluding tert-OH is 2. The van der Waals surface area contributed by atoms with E-state index in [1.807, 2.05) is 0 Å². The molecule has 5 atom stereocenters. The van der Waals surface area contributed by atoms with Crippen LogP contribution in [-0.2, 0) is 9.53 Å². The van der Waals surface area contributed by atoms with Crippen LogP contribution in [0.5, 0.6) is 5.75 Å². The third-order valence-corrected chi connectivity index (χ3v) is 6.16. The van der Waals surface area contributed by atoms with Gasteiger partial charge < -0.3 is 24.8 Å². The summed E-state index contributed by atoms with van der Waals surface area (Å²) in [5.41, 5.74) is -1.58. The summed E-state index contributed by atoms with van der Waals surface area (Å²) in [6.45, 7) is 1.63. The number of ether oxygens (including phenoxy) is 2. The zero-order valence-corrected chi connectivity index (χ0v) is 14.5. The fraction of sp³-hybridized carbons (Fsp3) is 0.450. The molecule has 3 aliphatic carbocycles. The van der Waals surface area contributed by atoms with Gasteiger partial charge in [0.2, 0.25) is 0 Å². The zero-order valence-electron chi connectivity index (χ0n) is 14.5. The molecule has 0 saturated carbocycles. The Morgan fingerprint density at radius 2 is 2.00 bits per heavy atom. The molecule has 1 aromatic carbocycles. The molecule has 4 aliphatic rings. The first-order chi connectivity index (χ1) is 12.3. The number of aliphatic hydroxyl groups is 3. The molecule has 0 bridgehead atoms. The van der Waals surface area contributed by atoms with Crippen LogP contribution in [0.3, 0.4) is 0 Å². The molecule has 6 heteroatoms. The van der Waals surface area contributed by atoms with Crippen molar-refractivity contribution in [2.75, 3.05) is 7.11 Å². The number of epoxide rings is 1. The second kappa shape index (κ2) is 4.64. The van der Waals surface area contributed by atoms with E-state index in [0.717, 1.165) is 0 Å². The lowest BCUT2D eigenvalue weighted by atomic mass is 9.62. The Labute approximate surface area is 150 Å². The van der Waals surface area contributed by atoms with Crippen LogP contribution >= 0.6 is 0 Å². The monoisotopic (exact) mass is 356 g/mol. The van der Waals surface area contributed by atoms with E-state index in [1.165, 1.54) is 7.11 Å². The van der Waals surface area contributed by atoms with Crippen molar-refractivity contribution in [3.8, 4) is 5.75 Å². The highest BCUT2D eigenvalue weighted by molar-refractivity contribution is 6.02. The topological polar surface area (TPSA) is 99.5 Å². The van der Waals surface area contributed by atoms with E-state index >= 15 is 0 Å². The van der Waals surface area contributed by atoms with E-state index < -0.39 is 29.0 Å². The van der Waals surface area contributed by atoms with Gasteiger partial charge in [0.15, 0.2) is 17.0 Å². The van der Waals surface area contributed by atoms with Crippen LogP contribution in [0.25, 0.3) is 0 Å². The van der Waals surface area contributed by atoms with Gasteiger partial charge in [-0.05, 0) is 30.2 Å². The summed E-state index contributed by atoms with van der Waals surface area (Å²) in [5, 5.41) is 32.7. The van der Waals surface area contributed by atoms with Gasteiger partial charge in [0, 0.05) is 24.0 Å². The van der Waals surface area contributed by atoms with E-state index in [1.54, 1.807) is 37.3 Å². The van der Waals surface area contributed by atoms with Crippen molar-refractivity contribution in [3.05, 3.63) is 52.6 Å². The van der Waals surface area contributed by atoms with Crippen LogP contribution in [0, 0.1) is 0 Å². The Kier molecular flexibility index (Phi) is 2.89. The van der Waals surface area contributed by atoms with Crippen molar-refractivity contribution in [1.29, 1.82) is 0 Å². The maximum absolute atomic E-state index is 12.9. The van der Waals surface area contributed by atoms with Gasteiger partial charge >= 0.3 is 0 Å². The van der Waals surface area contributed by atoms with Crippen LogP contribution in [-0.4, -0.2) is 45.0 Å². The van der Waals surface area contributed by atoms with Crippen molar-refractivity contribution < 1.29 is 29.6 Å². The minimum absolute atomic E-state index is 0.0331. The first-order valence-corrected chi connectivity index (χ1v) is 8.69. The number of rotatable bonds is 1. The van der Waals surface area contributed by atoms with Crippen LogP contribution in [0.2, 0.25) is 0 Å². The molecular weight excluding hydrogens is 336 g/mol. The maximum atomic E-state index is 12.9. The number of allylic oxidation sites excluding steroid dienone is 1. The third-order valence-electron chi connectivity index (χ3n) is 6.16. The summed E-state index contributed by atoms with van der Waals surface area (Å²) in [7, 11) is 1.51. The van der Waals surface area contributed by atoms with Crippen LogP contribution in [0.1, 0.15) is 43.1 Å². The Morgan fingerprint density at radius 1 is 1.23 bits per heavy atom. The van der Waals surface area contributed by atoms with Gasteiger partial charge in [-0.3, -0.25) is 4.79 Å². The quantitative estimate of drug-likeness (QED) is 0.655. The summed E-state index contributed by atoms with van der Waals surface area (Å²) in [6.07, 6.45) is 1.54. The number of ketones is 1. The minimum atomic E-state index is -1.30. The first-order valence-electron chi connectivity index (χ1n) is 8.69. The normalized spacial score (nSPS) is 42.6. The van der Waals surface area contributed by atoms with Crippen molar-refractivity contribution in [2.45, 2.75) is 48.8 Å². The Bertz CT molecular complexity index is 913. The highest BCUT2D eigenvalue weighted by Crippen LogP contribution is 2.72. The number of carbonyl (C=O) groups excluding carboxylic acids is 1. The molecule has 0 amide bonds. The number of fused-ring (bicyclic) bond motifs is 1. The molecule has 0 radical (unpaired) electrons. The van der Waals surface area contributed by atoms with Crippen LogP contribution in [0.15, 0.2) is 41.5 Å². The number of carbonyl (C=O) groups is 1. The third kappa shape index (κ3) is 1.64. The Hall–Kier alpha value is -1.99. The largest absolute Gasteiger partial charge is 0.496 e. The molecule has 3 N–H and O–H groups in total. The predicted molar refractivity (Wildman–Crippen MR) is 90.5 cm³/mol. The number of benzene rings is 1. The molecule has 1 saturated heterocycles. The van der Waals surface area contributed by atoms with Gasteiger partial charge in [-0.2, -0.15) is 0 Å². The molecule has 0 aromatic heterocycles. The Morgan fingerprint density at radius 3 is 2.73 bits per heavy atom. The SMILES string of the molecule is COc1cccc2c1[C@H](O)[C@]13C=CC4=C(C(=O)C[C@](C)(O)C4)[C@]1(O3)[C@H]2O. The number of Topliss-reactive ketones (excluding diaryl/α,β-unsaturated/α-hetero) is 1. The van der Waals surface area contributed by atoms with Gasteiger partial charge in [-0.15, -0.1) is 0 Å². The van der Waals surface area contributed by atoms with Gasteiger partial charge in [0.05, 0.1) is 12.7 Å². The fourth-order valence-electron chi connectivity index (χ4n) is 5.09. The van der Waals surface area contributed by atoms with Crippen LogP contribution in [0.4, 0.5) is 0 Å². The summed E-state index contributed by atoms with van der Waals surface area (Å²) in [4.78, 5) is 12.9. The molecule has 5 rings (SSSR count). The summed E-state index contributed by atoms with van der Waals surface area (Å²) in [6, 6.07) is 5.18. The van der Waals surface area contributed by atoms with Crippen molar-refractivity contribution >= 4 is 5.78 Å². The molecule has 136 valence electrons. The molecular formula is C20H20O6. The summed E-state index contributed by atoms with van der Waals surface area (Å²) in [5.74, 6) is 0.221. The number of methoxy groups -OCH3 is 1. The maximum Gasteiger partial charge on any atom is 0.165 e. The lowest BCUT2D eigenvalue weighted by molar-refractivity contribution is -0.122. The molecule has 0 spiro atoms.